The SMILES string of the molecule is Cc1n[nH]cc1-c1ccnc(NCc2cc(F)cc(F)c2)n1. The highest BCUT2D eigenvalue weighted by molar-refractivity contribution is 5.61. The van der Waals surface area contributed by atoms with Gasteiger partial charge in [-0.3, -0.25) is 5.10 Å². The zero-order valence-electron chi connectivity index (χ0n) is 11.8. The van der Waals surface area contributed by atoms with Crippen molar-refractivity contribution in [3.63, 3.8) is 0 Å². The number of H-pyrrole nitrogens is 1. The highest BCUT2D eigenvalue weighted by Gasteiger charge is 2.07. The molecule has 0 aliphatic heterocycles. The molecule has 0 radical (unpaired) electrons. The molecule has 0 fully saturated rings. The van der Waals surface area contributed by atoms with E-state index in [0.717, 1.165) is 17.3 Å². The fourth-order valence-corrected chi connectivity index (χ4v) is 2.11. The number of hydrogen-bond donors (Lipinski definition) is 2. The minimum atomic E-state index is -0.611. The Bertz CT molecular complexity index is 780. The van der Waals surface area contributed by atoms with Crippen molar-refractivity contribution in [3.05, 3.63) is 59.6 Å². The van der Waals surface area contributed by atoms with E-state index in [1.165, 1.54) is 12.1 Å². The van der Waals surface area contributed by atoms with E-state index in [1.807, 2.05) is 6.92 Å². The largest absolute Gasteiger partial charge is 0.350 e. The quantitative estimate of drug-likeness (QED) is 0.777. The molecule has 0 amide bonds. The molecular weight excluding hydrogens is 288 g/mol. The lowest BCUT2D eigenvalue weighted by molar-refractivity contribution is 0.580. The van der Waals surface area contributed by atoms with Crippen molar-refractivity contribution in [2.24, 2.45) is 0 Å². The number of aryl methyl sites for hydroxylation is 1. The fraction of sp³-hybridized carbons (Fsp3) is 0.133. The number of rotatable bonds is 4. The maximum Gasteiger partial charge on any atom is 0.223 e. The Morgan fingerprint density at radius 3 is 2.64 bits per heavy atom. The van der Waals surface area contributed by atoms with Crippen molar-refractivity contribution in [3.8, 4) is 11.3 Å². The Kier molecular flexibility index (Phi) is 3.78. The van der Waals surface area contributed by atoms with Gasteiger partial charge in [-0.15, -0.1) is 0 Å². The van der Waals surface area contributed by atoms with Crippen LogP contribution < -0.4 is 5.32 Å². The van der Waals surface area contributed by atoms with Gasteiger partial charge in [-0.05, 0) is 30.7 Å². The summed E-state index contributed by atoms with van der Waals surface area (Å²) in [5.41, 5.74) is 2.90. The van der Waals surface area contributed by atoms with Gasteiger partial charge in [0.05, 0.1) is 11.4 Å². The van der Waals surface area contributed by atoms with Crippen LogP contribution in [0, 0.1) is 18.6 Å². The fourth-order valence-electron chi connectivity index (χ4n) is 2.11. The third-order valence-electron chi connectivity index (χ3n) is 3.14. The molecule has 0 unspecified atom stereocenters. The van der Waals surface area contributed by atoms with E-state index < -0.39 is 11.6 Å². The molecule has 112 valence electrons. The van der Waals surface area contributed by atoms with Crippen molar-refractivity contribution in [2.45, 2.75) is 13.5 Å². The number of nitrogens with one attached hydrogen (secondary N) is 2. The second-order valence-electron chi connectivity index (χ2n) is 4.78. The van der Waals surface area contributed by atoms with E-state index in [-0.39, 0.29) is 6.54 Å². The van der Waals surface area contributed by atoms with Crippen LogP contribution in [0.1, 0.15) is 11.3 Å². The maximum absolute atomic E-state index is 13.1. The van der Waals surface area contributed by atoms with Gasteiger partial charge in [-0.25, -0.2) is 18.7 Å². The van der Waals surface area contributed by atoms with Crippen molar-refractivity contribution in [2.75, 3.05) is 5.32 Å². The summed E-state index contributed by atoms with van der Waals surface area (Å²) in [6.45, 7) is 2.10. The van der Waals surface area contributed by atoms with E-state index in [2.05, 4.69) is 25.5 Å². The summed E-state index contributed by atoms with van der Waals surface area (Å²) >= 11 is 0. The standard InChI is InChI=1S/C15H13F2N5/c1-9-13(8-20-22-9)14-2-3-18-15(21-14)19-7-10-4-11(16)6-12(17)5-10/h2-6,8H,7H2,1H3,(H,20,22)(H,18,19,21). The molecule has 0 aliphatic carbocycles. The van der Waals surface area contributed by atoms with Crippen LogP contribution in [0.5, 0.6) is 0 Å². The second kappa shape index (κ2) is 5.88. The number of hydrogen-bond acceptors (Lipinski definition) is 4. The van der Waals surface area contributed by atoms with Crippen molar-refractivity contribution in [1.82, 2.24) is 20.2 Å². The van der Waals surface area contributed by atoms with Gasteiger partial charge in [-0.2, -0.15) is 5.10 Å². The first-order chi connectivity index (χ1) is 10.6. The van der Waals surface area contributed by atoms with Gasteiger partial charge in [0.15, 0.2) is 0 Å². The zero-order valence-corrected chi connectivity index (χ0v) is 11.8. The molecule has 1 aromatic carbocycles. The summed E-state index contributed by atoms with van der Waals surface area (Å²) in [5, 5.41) is 9.77. The van der Waals surface area contributed by atoms with E-state index in [9.17, 15) is 8.78 Å². The average molecular weight is 301 g/mol. The van der Waals surface area contributed by atoms with Gasteiger partial charge in [0.1, 0.15) is 11.6 Å². The van der Waals surface area contributed by atoms with Crippen LogP contribution >= 0.6 is 0 Å². The molecule has 3 aromatic rings. The molecule has 7 heteroatoms. The van der Waals surface area contributed by atoms with Gasteiger partial charge in [0, 0.05) is 30.6 Å². The van der Waals surface area contributed by atoms with Crippen LogP contribution in [-0.2, 0) is 6.54 Å². The Morgan fingerprint density at radius 2 is 1.95 bits per heavy atom. The first kappa shape index (κ1) is 14.1. The number of halogens is 2. The first-order valence-electron chi connectivity index (χ1n) is 6.64. The van der Waals surface area contributed by atoms with Gasteiger partial charge in [-0.1, -0.05) is 0 Å². The summed E-state index contributed by atoms with van der Waals surface area (Å²) in [4.78, 5) is 8.46. The molecule has 22 heavy (non-hydrogen) atoms. The second-order valence-corrected chi connectivity index (χ2v) is 4.78. The molecule has 0 spiro atoms. The van der Waals surface area contributed by atoms with Crippen LogP contribution in [0.15, 0.2) is 36.7 Å². The van der Waals surface area contributed by atoms with E-state index in [1.54, 1.807) is 18.5 Å². The van der Waals surface area contributed by atoms with Crippen LogP contribution in [0.2, 0.25) is 0 Å². The number of nitrogens with zero attached hydrogens (tertiary/aromatic N) is 3. The van der Waals surface area contributed by atoms with Crippen molar-refractivity contribution >= 4 is 5.95 Å². The Morgan fingerprint density at radius 1 is 1.18 bits per heavy atom. The van der Waals surface area contributed by atoms with Crippen molar-refractivity contribution < 1.29 is 8.78 Å². The van der Waals surface area contributed by atoms with E-state index in [0.29, 0.717) is 17.2 Å². The van der Waals surface area contributed by atoms with Crippen LogP contribution in [0.3, 0.4) is 0 Å². The predicted octanol–water partition coefficient (Wildman–Crippen LogP) is 3.07. The average Bonchev–Trinajstić information content (AvgIpc) is 2.91. The molecule has 2 aromatic heterocycles. The summed E-state index contributed by atoms with van der Waals surface area (Å²) in [5.74, 6) is -0.844. The Balaban J connectivity index is 1.77. The first-order valence-corrected chi connectivity index (χ1v) is 6.64. The van der Waals surface area contributed by atoms with Gasteiger partial charge in [0.25, 0.3) is 0 Å². The smallest absolute Gasteiger partial charge is 0.223 e. The number of aromatic nitrogens is 4. The number of aromatic amines is 1. The Hall–Kier alpha value is -2.83. The minimum Gasteiger partial charge on any atom is -0.350 e. The molecule has 2 N–H and O–H groups in total. The lowest BCUT2D eigenvalue weighted by Crippen LogP contribution is -2.04. The normalized spacial score (nSPS) is 10.7. The summed E-state index contributed by atoms with van der Waals surface area (Å²) in [6.07, 6.45) is 3.37. The van der Waals surface area contributed by atoms with Gasteiger partial charge >= 0.3 is 0 Å². The lowest BCUT2D eigenvalue weighted by Gasteiger charge is -2.07. The highest BCUT2D eigenvalue weighted by atomic mass is 19.1. The van der Waals surface area contributed by atoms with Crippen LogP contribution in [0.25, 0.3) is 11.3 Å². The number of benzene rings is 1. The zero-order chi connectivity index (χ0) is 15.5. The maximum atomic E-state index is 13.1. The topological polar surface area (TPSA) is 66.5 Å². The molecule has 0 saturated carbocycles. The van der Waals surface area contributed by atoms with E-state index >= 15 is 0 Å². The monoisotopic (exact) mass is 301 g/mol. The van der Waals surface area contributed by atoms with Crippen LogP contribution in [-0.4, -0.2) is 20.2 Å². The lowest BCUT2D eigenvalue weighted by atomic mass is 10.2. The molecule has 2 heterocycles. The minimum absolute atomic E-state index is 0.225. The molecular formula is C15H13F2N5. The third kappa shape index (κ3) is 3.08. The van der Waals surface area contributed by atoms with Crippen LogP contribution in [0.4, 0.5) is 14.7 Å². The molecule has 0 atom stereocenters. The van der Waals surface area contributed by atoms with E-state index in [4.69, 9.17) is 0 Å². The Labute approximate surface area is 125 Å². The summed E-state index contributed by atoms with van der Waals surface area (Å²) < 4.78 is 26.3. The van der Waals surface area contributed by atoms with Gasteiger partial charge < -0.3 is 5.32 Å². The summed E-state index contributed by atoms with van der Waals surface area (Å²) in [7, 11) is 0. The molecule has 0 saturated heterocycles. The summed E-state index contributed by atoms with van der Waals surface area (Å²) in [6, 6.07) is 5.13. The predicted molar refractivity (Wildman–Crippen MR) is 78.0 cm³/mol. The number of anilines is 1. The molecule has 0 aliphatic rings. The van der Waals surface area contributed by atoms with Crippen molar-refractivity contribution in [1.29, 1.82) is 0 Å². The van der Waals surface area contributed by atoms with Gasteiger partial charge in [0.2, 0.25) is 5.95 Å². The molecule has 0 bridgehead atoms. The highest BCUT2D eigenvalue weighted by Crippen LogP contribution is 2.19. The third-order valence-corrected chi connectivity index (χ3v) is 3.14. The molecule has 3 rings (SSSR count). The molecule has 5 nitrogen and oxygen atoms in total.